The first-order valence-corrected chi connectivity index (χ1v) is 10.7. The van der Waals surface area contributed by atoms with Gasteiger partial charge in [-0.1, -0.05) is 6.07 Å². The van der Waals surface area contributed by atoms with Crippen molar-refractivity contribution in [2.24, 2.45) is 0 Å². The second kappa shape index (κ2) is 8.79. The minimum absolute atomic E-state index is 0.0492. The highest BCUT2D eigenvalue weighted by atomic mass is 32.2. The normalized spacial score (nSPS) is 11.4. The summed E-state index contributed by atoms with van der Waals surface area (Å²) in [6.07, 6.45) is 0. The quantitative estimate of drug-likeness (QED) is 0.667. The van der Waals surface area contributed by atoms with Gasteiger partial charge in [-0.25, -0.2) is 17.9 Å². The minimum atomic E-state index is -4.12. The number of H-pyrrole nitrogens is 1. The zero-order valence-electron chi connectivity index (χ0n) is 17.5. The Morgan fingerprint density at radius 2 is 1.76 bits per heavy atom. The van der Waals surface area contributed by atoms with E-state index in [4.69, 9.17) is 4.74 Å². The fraction of sp³-hybridized carbons (Fsp3) is 0.400. The molecule has 2 rings (SSSR count). The molecule has 0 bridgehead atoms. The number of amides is 1. The maximum absolute atomic E-state index is 12.8. The predicted molar refractivity (Wildman–Crippen MR) is 111 cm³/mol. The molecule has 0 unspecified atom stereocenters. The Morgan fingerprint density at radius 3 is 2.34 bits per heavy atom. The average Bonchev–Trinajstić information content (AvgIpc) is 2.96. The van der Waals surface area contributed by atoms with Crippen molar-refractivity contribution in [3.05, 3.63) is 46.3 Å². The van der Waals surface area contributed by atoms with Crippen LogP contribution in [-0.4, -0.2) is 45.5 Å². The van der Waals surface area contributed by atoms with Crippen molar-refractivity contribution in [1.29, 1.82) is 0 Å². The third-order valence-electron chi connectivity index (χ3n) is 4.73. The molecular formula is C20H27N3O5S. The van der Waals surface area contributed by atoms with Gasteiger partial charge in [0.15, 0.2) is 0 Å². The number of esters is 1. The van der Waals surface area contributed by atoms with Gasteiger partial charge in [0.25, 0.3) is 0 Å². The molecule has 2 N–H and O–H groups in total. The highest BCUT2D eigenvalue weighted by molar-refractivity contribution is 7.89. The van der Waals surface area contributed by atoms with Crippen LogP contribution in [0.3, 0.4) is 0 Å². The van der Waals surface area contributed by atoms with E-state index in [-0.39, 0.29) is 17.1 Å². The summed E-state index contributed by atoms with van der Waals surface area (Å²) in [5.41, 5.74) is 3.43. The third kappa shape index (κ3) is 4.86. The second-order valence-electron chi connectivity index (χ2n) is 6.85. The summed E-state index contributed by atoms with van der Waals surface area (Å²) in [6.45, 7) is 8.36. The van der Waals surface area contributed by atoms with Gasteiger partial charge in [0.05, 0.1) is 13.2 Å². The highest BCUT2D eigenvalue weighted by Crippen LogP contribution is 2.24. The molecule has 29 heavy (non-hydrogen) atoms. The van der Waals surface area contributed by atoms with Gasteiger partial charge < -0.3 is 14.6 Å². The molecule has 1 aromatic carbocycles. The Kier molecular flexibility index (Phi) is 6.86. The summed E-state index contributed by atoms with van der Waals surface area (Å²) >= 11 is 0. The summed E-state index contributed by atoms with van der Waals surface area (Å²) in [4.78, 5) is 28.8. The van der Waals surface area contributed by atoms with Crippen LogP contribution in [0, 0.1) is 27.7 Å². The molecule has 158 valence electrons. The van der Waals surface area contributed by atoms with Gasteiger partial charge in [0, 0.05) is 24.1 Å². The number of aromatic nitrogens is 1. The number of nitrogens with one attached hydrogen (secondary N) is 2. The molecule has 0 spiro atoms. The van der Waals surface area contributed by atoms with Gasteiger partial charge in [0.2, 0.25) is 15.9 Å². The van der Waals surface area contributed by atoms with Crippen molar-refractivity contribution in [1.82, 2.24) is 9.71 Å². The molecule has 2 aromatic rings. The standard InChI is InChI=1S/C20H27N3O5S/c1-7-28-20(25)18-14(4)22-15(5)19(18)29(26,27)21-11-17(24)23(6)16-9-8-12(2)13(3)10-16/h8-10,21-22H,7,11H2,1-6H3. The predicted octanol–water partition coefficient (Wildman–Crippen LogP) is 2.37. The lowest BCUT2D eigenvalue weighted by atomic mass is 10.1. The number of rotatable bonds is 7. The van der Waals surface area contributed by atoms with E-state index in [0.29, 0.717) is 17.1 Å². The molecule has 0 radical (unpaired) electrons. The molecule has 0 aliphatic carbocycles. The van der Waals surface area contributed by atoms with E-state index in [1.54, 1.807) is 33.9 Å². The van der Waals surface area contributed by atoms with Crippen molar-refractivity contribution in [2.75, 3.05) is 25.1 Å². The lowest BCUT2D eigenvalue weighted by molar-refractivity contribution is -0.117. The Bertz CT molecular complexity index is 1040. The number of aryl methyl sites for hydroxylation is 4. The van der Waals surface area contributed by atoms with Crippen LogP contribution in [0.25, 0.3) is 0 Å². The Labute approximate surface area is 171 Å². The molecule has 1 amide bonds. The smallest absolute Gasteiger partial charge is 0.341 e. The van der Waals surface area contributed by atoms with Crippen LogP contribution in [0.1, 0.15) is 39.8 Å². The van der Waals surface area contributed by atoms with Crippen LogP contribution in [0.4, 0.5) is 5.69 Å². The van der Waals surface area contributed by atoms with E-state index >= 15 is 0 Å². The van der Waals surface area contributed by atoms with Gasteiger partial charge in [0.1, 0.15) is 10.5 Å². The lowest BCUT2D eigenvalue weighted by Gasteiger charge is -2.19. The molecule has 1 heterocycles. The molecule has 0 aliphatic rings. The van der Waals surface area contributed by atoms with E-state index in [1.807, 2.05) is 26.0 Å². The number of likely N-dealkylation sites (N-methyl/N-ethyl adjacent to an activating group) is 1. The third-order valence-corrected chi connectivity index (χ3v) is 6.30. The first-order chi connectivity index (χ1) is 13.5. The van der Waals surface area contributed by atoms with Crippen molar-refractivity contribution in [3.8, 4) is 0 Å². The summed E-state index contributed by atoms with van der Waals surface area (Å²) in [7, 11) is -2.54. The van der Waals surface area contributed by atoms with E-state index in [2.05, 4.69) is 9.71 Å². The van der Waals surface area contributed by atoms with Crippen molar-refractivity contribution >= 4 is 27.6 Å². The number of hydrogen-bond acceptors (Lipinski definition) is 5. The molecule has 0 fully saturated rings. The lowest BCUT2D eigenvalue weighted by Crippen LogP contribution is -2.38. The number of ether oxygens (including phenoxy) is 1. The van der Waals surface area contributed by atoms with Crippen molar-refractivity contribution in [2.45, 2.75) is 39.5 Å². The van der Waals surface area contributed by atoms with E-state index in [0.717, 1.165) is 11.1 Å². The summed E-state index contributed by atoms with van der Waals surface area (Å²) in [5.74, 6) is -1.16. The Morgan fingerprint density at radius 1 is 1.10 bits per heavy atom. The average molecular weight is 422 g/mol. The Hall–Kier alpha value is -2.65. The summed E-state index contributed by atoms with van der Waals surface area (Å²) < 4.78 is 33.0. The molecule has 0 atom stereocenters. The molecule has 9 heteroatoms. The topological polar surface area (TPSA) is 109 Å². The minimum Gasteiger partial charge on any atom is -0.462 e. The summed E-state index contributed by atoms with van der Waals surface area (Å²) in [6, 6.07) is 5.56. The first kappa shape index (κ1) is 22.6. The fourth-order valence-corrected chi connectivity index (χ4v) is 4.39. The summed E-state index contributed by atoms with van der Waals surface area (Å²) in [5, 5.41) is 0. The number of benzene rings is 1. The van der Waals surface area contributed by atoms with Crippen LogP contribution in [-0.2, 0) is 19.6 Å². The maximum Gasteiger partial charge on any atom is 0.341 e. The van der Waals surface area contributed by atoms with Crippen LogP contribution in [0.5, 0.6) is 0 Å². The SMILES string of the molecule is CCOC(=O)c1c(C)[nH]c(C)c1S(=O)(=O)NCC(=O)N(C)c1ccc(C)c(C)c1. The van der Waals surface area contributed by atoms with Gasteiger partial charge in [-0.3, -0.25) is 4.79 Å². The first-order valence-electron chi connectivity index (χ1n) is 9.19. The number of anilines is 1. The van der Waals surface area contributed by atoms with Crippen LogP contribution >= 0.6 is 0 Å². The zero-order valence-corrected chi connectivity index (χ0v) is 18.4. The van der Waals surface area contributed by atoms with Crippen molar-refractivity contribution in [3.63, 3.8) is 0 Å². The van der Waals surface area contributed by atoms with Crippen LogP contribution < -0.4 is 9.62 Å². The van der Waals surface area contributed by atoms with Crippen LogP contribution in [0.2, 0.25) is 0 Å². The zero-order chi connectivity index (χ0) is 21.9. The largest absolute Gasteiger partial charge is 0.462 e. The number of aromatic amines is 1. The second-order valence-corrected chi connectivity index (χ2v) is 8.55. The van der Waals surface area contributed by atoms with Crippen molar-refractivity contribution < 1.29 is 22.7 Å². The van der Waals surface area contributed by atoms with E-state index in [9.17, 15) is 18.0 Å². The highest BCUT2D eigenvalue weighted by Gasteiger charge is 2.30. The van der Waals surface area contributed by atoms with Gasteiger partial charge >= 0.3 is 5.97 Å². The maximum atomic E-state index is 12.8. The molecule has 1 aromatic heterocycles. The molecule has 0 aliphatic heterocycles. The van der Waals surface area contributed by atoms with E-state index < -0.39 is 28.4 Å². The van der Waals surface area contributed by atoms with E-state index in [1.165, 1.54) is 4.90 Å². The monoisotopic (exact) mass is 421 g/mol. The molecule has 8 nitrogen and oxygen atoms in total. The fourth-order valence-electron chi connectivity index (χ4n) is 2.97. The number of carbonyl (C=O) groups is 2. The van der Waals surface area contributed by atoms with Crippen LogP contribution in [0.15, 0.2) is 23.1 Å². The number of nitrogens with zero attached hydrogens (tertiary/aromatic N) is 1. The molecular weight excluding hydrogens is 394 g/mol. The molecule has 0 saturated heterocycles. The van der Waals surface area contributed by atoms with Gasteiger partial charge in [-0.05, 0) is 57.9 Å². The van der Waals surface area contributed by atoms with Gasteiger partial charge in [-0.2, -0.15) is 0 Å². The molecule has 0 saturated carbocycles. The number of carbonyl (C=O) groups excluding carboxylic acids is 2. The van der Waals surface area contributed by atoms with Gasteiger partial charge in [-0.15, -0.1) is 0 Å². The Balaban J connectivity index is 2.23. The number of hydrogen-bond donors (Lipinski definition) is 2. The number of sulfonamides is 1.